The minimum atomic E-state index is 0.0583. The van der Waals surface area contributed by atoms with Crippen LogP contribution in [0.5, 0.6) is 11.5 Å². The van der Waals surface area contributed by atoms with E-state index in [1.54, 1.807) is 0 Å². The number of rotatable bonds is 5. The van der Waals surface area contributed by atoms with Gasteiger partial charge in [-0.15, -0.1) is 0 Å². The molecule has 1 heterocycles. The highest BCUT2D eigenvalue weighted by Gasteiger charge is 2.11. The zero-order valence-corrected chi connectivity index (χ0v) is 11.4. The Morgan fingerprint density at radius 1 is 1.21 bits per heavy atom. The van der Waals surface area contributed by atoms with Gasteiger partial charge in [-0.05, 0) is 18.6 Å². The van der Waals surface area contributed by atoms with E-state index in [0.717, 1.165) is 37.1 Å². The number of carbonyl (C=O) groups excluding carboxylic acids is 1. The highest BCUT2D eigenvalue weighted by Crippen LogP contribution is 2.32. The molecule has 0 bridgehead atoms. The number of ether oxygens (including phenoxy) is 2. The average Bonchev–Trinajstić information content (AvgIpc) is 2.63. The Morgan fingerprint density at radius 3 is 2.79 bits per heavy atom. The van der Waals surface area contributed by atoms with Gasteiger partial charge in [-0.1, -0.05) is 19.8 Å². The second kappa shape index (κ2) is 7.02. The van der Waals surface area contributed by atoms with E-state index in [2.05, 4.69) is 12.2 Å². The molecule has 0 aromatic heterocycles. The van der Waals surface area contributed by atoms with Gasteiger partial charge in [-0.2, -0.15) is 0 Å². The number of unbranched alkanes of at least 4 members (excludes halogenated alkanes) is 2. The van der Waals surface area contributed by atoms with Gasteiger partial charge in [-0.25, -0.2) is 0 Å². The number of benzene rings is 1. The lowest BCUT2D eigenvalue weighted by atomic mass is 10.2. The van der Waals surface area contributed by atoms with Gasteiger partial charge in [0.05, 0.1) is 13.2 Å². The zero-order valence-electron chi connectivity index (χ0n) is 11.4. The van der Waals surface area contributed by atoms with Crippen LogP contribution in [0.2, 0.25) is 0 Å². The Bertz CT molecular complexity index is 431. The summed E-state index contributed by atoms with van der Waals surface area (Å²) in [7, 11) is 0. The van der Waals surface area contributed by atoms with Crippen LogP contribution in [0.4, 0.5) is 5.69 Å². The maximum atomic E-state index is 11.7. The van der Waals surface area contributed by atoms with E-state index in [1.807, 2.05) is 18.2 Å². The molecule has 4 nitrogen and oxygen atoms in total. The van der Waals surface area contributed by atoms with Crippen LogP contribution in [0.1, 0.15) is 39.0 Å². The van der Waals surface area contributed by atoms with Crippen molar-refractivity contribution in [1.82, 2.24) is 0 Å². The first kappa shape index (κ1) is 13.7. The third-order valence-corrected chi connectivity index (χ3v) is 3.04. The first-order valence-corrected chi connectivity index (χ1v) is 6.99. The van der Waals surface area contributed by atoms with Gasteiger partial charge < -0.3 is 14.8 Å². The molecule has 1 amide bonds. The molecule has 1 aromatic carbocycles. The molecule has 1 N–H and O–H groups in total. The number of nitrogens with one attached hydrogen (secondary N) is 1. The van der Waals surface area contributed by atoms with E-state index in [0.29, 0.717) is 25.4 Å². The largest absolute Gasteiger partial charge is 0.490 e. The molecule has 4 heteroatoms. The number of hydrogen-bond acceptors (Lipinski definition) is 3. The summed E-state index contributed by atoms with van der Waals surface area (Å²) in [6, 6.07) is 5.53. The first-order valence-electron chi connectivity index (χ1n) is 6.99. The van der Waals surface area contributed by atoms with Crippen molar-refractivity contribution in [2.45, 2.75) is 39.0 Å². The van der Waals surface area contributed by atoms with Gasteiger partial charge in [-0.3, -0.25) is 4.79 Å². The van der Waals surface area contributed by atoms with Crippen LogP contribution in [0, 0.1) is 0 Å². The van der Waals surface area contributed by atoms with Gasteiger partial charge in [0.25, 0.3) is 0 Å². The predicted octanol–water partition coefficient (Wildman–Crippen LogP) is 3.37. The van der Waals surface area contributed by atoms with E-state index >= 15 is 0 Å². The van der Waals surface area contributed by atoms with E-state index in [-0.39, 0.29) is 5.91 Å². The van der Waals surface area contributed by atoms with Crippen molar-refractivity contribution < 1.29 is 14.3 Å². The summed E-state index contributed by atoms with van der Waals surface area (Å²) < 4.78 is 11.1. The summed E-state index contributed by atoms with van der Waals surface area (Å²) in [5.74, 6) is 1.52. The quantitative estimate of drug-likeness (QED) is 0.828. The fourth-order valence-electron chi connectivity index (χ4n) is 2.00. The maximum Gasteiger partial charge on any atom is 0.224 e. The molecule has 104 valence electrons. The van der Waals surface area contributed by atoms with E-state index < -0.39 is 0 Å². The highest BCUT2D eigenvalue weighted by atomic mass is 16.5. The third-order valence-electron chi connectivity index (χ3n) is 3.04. The monoisotopic (exact) mass is 263 g/mol. The van der Waals surface area contributed by atoms with Crippen LogP contribution in [-0.4, -0.2) is 19.1 Å². The fraction of sp³-hybridized carbons (Fsp3) is 0.533. The van der Waals surface area contributed by atoms with Gasteiger partial charge in [0.1, 0.15) is 0 Å². The minimum Gasteiger partial charge on any atom is -0.490 e. The van der Waals surface area contributed by atoms with Crippen molar-refractivity contribution in [3.8, 4) is 11.5 Å². The van der Waals surface area contributed by atoms with E-state index in [4.69, 9.17) is 9.47 Å². The highest BCUT2D eigenvalue weighted by molar-refractivity contribution is 5.91. The maximum absolute atomic E-state index is 11.7. The zero-order chi connectivity index (χ0) is 13.5. The number of carbonyl (C=O) groups is 1. The molecule has 0 spiro atoms. The van der Waals surface area contributed by atoms with Crippen molar-refractivity contribution in [3.05, 3.63) is 18.2 Å². The van der Waals surface area contributed by atoms with Crippen molar-refractivity contribution in [3.63, 3.8) is 0 Å². The van der Waals surface area contributed by atoms with Gasteiger partial charge in [0.15, 0.2) is 11.5 Å². The molecular weight excluding hydrogens is 242 g/mol. The molecule has 1 aromatic rings. The summed E-state index contributed by atoms with van der Waals surface area (Å²) in [6.07, 6.45) is 4.61. The smallest absolute Gasteiger partial charge is 0.224 e. The number of anilines is 1. The molecule has 0 fully saturated rings. The van der Waals surface area contributed by atoms with E-state index in [1.165, 1.54) is 0 Å². The second-order valence-electron chi connectivity index (χ2n) is 4.72. The predicted molar refractivity (Wildman–Crippen MR) is 74.8 cm³/mol. The summed E-state index contributed by atoms with van der Waals surface area (Å²) in [6.45, 7) is 3.46. The summed E-state index contributed by atoms with van der Waals surface area (Å²) in [4.78, 5) is 11.7. The van der Waals surface area contributed by atoms with Crippen molar-refractivity contribution >= 4 is 11.6 Å². The molecule has 0 unspecified atom stereocenters. The molecule has 1 aliphatic rings. The van der Waals surface area contributed by atoms with Crippen LogP contribution in [-0.2, 0) is 4.79 Å². The summed E-state index contributed by atoms with van der Waals surface area (Å²) >= 11 is 0. The lowest BCUT2D eigenvalue weighted by Crippen LogP contribution is -2.11. The van der Waals surface area contributed by atoms with Crippen LogP contribution >= 0.6 is 0 Å². The minimum absolute atomic E-state index is 0.0583. The number of amides is 1. The van der Waals surface area contributed by atoms with E-state index in [9.17, 15) is 4.79 Å². The molecule has 1 aliphatic heterocycles. The standard InChI is InChI=1S/C15H21NO3/c1-2-3-4-6-15(17)16-12-7-8-13-14(11-12)19-10-5-9-18-13/h7-8,11H,2-6,9-10H2,1H3,(H,16,17). The van der Waals surface area contributed by atoms with Crippen molar-refractivity contribution in [1.29, 1.82) is 0 Å². The van der Waals surface area contributed by atoms with Gasteiger partial charge in [0, 0.05) is 24.6 Å². The summed E-state index contributed by atoms with van der Waals surface area (Å²) in [5.41, 5.74) is 0.769. The molecule has 0 atom stereocenters. The molecule has 0 saturated carbocycles. The van der Waals surface area contributed by atoms with Crippen LogP contribution in [0.25, 0.3) is 0 Å². The van der Waals surface area contributed by atoms with Crippen molar-refractivity contribution in [2.24, 2.45) is 0 Å². The molecule has 2 rings (SSSR count). The summed E-state index contributed by atoms with van der Waals surface area (Å²) in [5, 5.41) is 2.90. The van der Waals surface area contributed by atoms with Gasteiger partial charge >= 0.3 is 0 Å². The SMILES string of the molecule is CCCCCC(=O)Nc1ccc2c(c1)OCCCO2. The Morgan fingerprint density at radius 2 is 2.00 bits per heavy atom. The number of fused-ring (bicyclic) bond motifs is 1. The Balaban J connectivity index is 1.94. The Hall–Kier alpha value is -1.71. The van der Waals surface area contributed by atoms with Crippen LogP contribution < -0.4 is 14.8 Å². The normalized spacial score (nSPS) is 13.7. The van der Waals surface area contributed by atoms with Crippen LogP contribution in [0.3, 0.4) is 0 Å². The molecular formula is C15H21NO3. The topological polar surface area (TPSA) is 47.6 Å². The lowest BCUT2D eigenvalue weighted by molar-refractivity contribution is -0.116. The second-order valence-corrected chi connectivity index (χ2v) is 4.72. The lowest BCUT2D eigenvalue weighted by Gasteiger charge is -2.10. The Kier molecular flexibility index (Phi) is 5.07. The third kappa shape index (κ3) is 4.16. The van der Waals surface area contributed by atoms with Gasteiger partial charge in [0.2, 0.25) is 5.91 Å². The molecule has 0 aliphatic carbocycles. The molecule has 19 heavy (non-hydrogen) atoms. The van der Waals surface area contributed by atoms with Crippen LogP contribution in [0.15, 0.2) is 18.2 Å². The fourth-order valence-corrected chi connectivity index (χ4v) is 2.00. The average molecular weight is 263 g/mol. The Labute approximate surface area is 114 Å². The molecule has 0 radical (unpaired) electrons. The first-order chi connectivity index (χ1) is 9.29. The number of hydrogen-bond donors (Lipinski definition) is 1. The van der Waals surface area contributed by atoms with Crippen molar-refractivity contribution in [2.75, 3.05) is 18.5 Å². The molecule has 0 saturated heterocycles.